The number of benzene rings is 2. The Kier molecular flexibility index (Phi) is 10.8. The van der Waals surface area contributed by atoms with Crippen molar-refractivity contribution in [3.05, 3.63) is 66.3 Å². The van der Waals surface area contributed by atoms with Gasteiger partial charge >= 0.3 is 5.97 Å². The molecule has 240 valence electrons. The molecule has 7 N–H and O–H groups in total. The molecule has 44 heavy (non-hydrogen) atoms. The summed E-state index contributed by atoms with van der Waals surface area (Å²) in [6.45, 7) is 2.11. The SMILES string of the molecule is C=CCc1ccc(O[C@@H]2O[C@H](CO[C@@H]3OC[C@](O)(COC(=O)C=Cc4ccc(O)c(O)c4)[C@H]3O)[C@@H](O)[C@H](O)[C@H]2O)c(OC)c1. The molecule has 0 aromatic heterocycles. The summed E-state index contributed by atoms with van der Waals surface area (Å²) in [6, 6.07) is 8.98. The lowest BCUT2D eigenvalue weighted by Gasteiger charge is -2.40. The number of aromatic hydroxyl groups is 2. The number of methoxy groups -OCH3 is 1. The molecule has 0 saturated carbocycles. The fourth-order valence-electron chi connectivity index (χ4n) is 4.54. The van der Waals surface area contributed by atoms with Crippen LogP contribution in [0.25, 0.3) is 6.08 Å². The number of aliphatic hydroxyl groups is 5. The van der Waals surface area contributed by atoms with E-state index in [1.54, 1.807) is 24.3 Å². The van der Waals surface area contributed by atoms with Gasteiger partial charge < -0.3 is 64.2 Å². The molecule has 2 aromatic carbocycles. The Labute approximate surface area is 252 Å². The summed E-state index contributed by atoms with van der Waals surface area (Å²) in [5.41, 5.74) is -0.744. The zero-order chi connectivity index (χ0) is 32.0. The number of hydrogen-bond donors (Lipinski definition) is 7. The summed E-state index contributed by atoms with van der Waals surface area (Å²) in [4.78, 5) is 12.1. The van der Waals surface area contributed by atoms with Crippen LogP contribution in [0.3, 0.4) is 0 Å². The van der Waals surface area contributed by atoms with E-state index < -0.39 is 74.5 Å². The molecule has 4 rings (SSSR count). The summed E-state index contributed by atoms with van der Waals surface area (Å²) in [5.74, 6) is -1.02. The van der Waals surface area contributed by atoms with E-state index in [4.69, 9.17) is 28.4 Å². The van der Waals surface area contributed by atoms with Crippen molar-refractivity contribution in [3.63, 3.8) is 0 Å². The molecule has 14 heteroatoms. The van der Waals surface area contributed by atoms with Gasteiger partial charge in [0, 0.05) is 6.08 Å². The first kappa shape index (κ1) is 33.2. The van der Waals surface area contributed by atoms with Gasteiger partial charge in [-0.05, 0) is 47.9 Å². The fraction of sp³-hybridized carbons (Fsp3) is 0.433. The molecule has 2 aliphatic rings. The third kappa shape index (κ3) is 7.67. The zero-order valence-corrected chi connectivity index (χ0v) is 23.8. The second-order valence-electron chi connectivity index (χ2n) is 10.4. The molecule has 2 aromatic rings. The van der Waals surface area contributed by atoms with Gasteiger partial charge in [-0.3, -0.25) is 0 Å². The highest BCUT2D eigenvalue weighted by molar-refractivity contribution is 5.87. The smallest absolute Gasteiger partial charge is 0.330 e. The number of allylic oxidation sites excluding steroid dienone is 1. The van der Waals surface area contributed by atoms with Crippen LogP contribution >= 0.6 is 0 Å². The number of hydrogen-bond acceptors (Lipinski definition) is 14. The summed E-state index contributed by atoms with van der Waals surface area (Å²) in [7, 11) is 1.43. The van der Waals surface area contributed by atoms with Gasteiger partial charge in [0.2, 0.25) is 6.29 Å². The van der Waals surface area contributed by atoms with E-state index in [0.717, 1.165) is 11.6 Å². The fourth-order valence-corrected chi connectivity index (χ4v) is 4.54. The van der Waals surface area contributed by atoms with Crippen LogP contribution in [0, 0.1) is 0 Å². The molecule has 2 fully saturated rings. The lowest BCUT2D eigenvalue weighted by atomic mass is 9.99. The van der Waals surface area contributed by atoms with Crippen LogP contribution in [0.4, 0.5) is 0 Å². The maximum absolute atomic E-state index is 12.1. The topological polar surface area (TPSA) is 214 Å². The molecule has 8 atom stereocenters. The van der Waals surface area contributed by atoms with Crippen LogP contribution in [-0.4, -0.2) is 117 Å². The van der Waals surface area contributed by atoms with Gasteiger partial charge in [-0.1, -0.05) is 18.2 Å². The predicted octanol–water partition coefficient (Wildman–Crippen LogP) is -0.257. The number of rotatable bonds is 12. The maximum Gasteiger partial charge on any atom is 0.330 e. The average Bonchev–Trinajstić information content (AvgIpc) is 3.30. The average molecular weight is 621 g/mol. The van der Waals surface area contributed by atoms with Gasteiger partial charge in [-0.25, -0.2) is 4.79 Å². The van der Waals surface area contributed by atoms with E-state index >= 15 is 0 Å². The highest BCUT2D eigenvalue weighted by Crippen LogP contribution is 2.33. The minimum atomic E-state index is -2.04. The number of carbonyl (C=O) groups is 1. The first-order chi connectivity index (χ1) is 20.9. The van der Waals surface area contributed by atoms with Crippen molar-refractivity contribution in [2.75, 3.05) is 26.9 Å². The van der Waals surface area contributed by atoms with E-state index in [9.17, 15) is 40.5 Å². The molecule has 0 aliphatic carbocycles. The molecule has 2 saturated heterocycles. The van der Waals surface area contributed by atoms with Crippen LogP contribution in [-0.2, 0) is 30.2 Å². The molecular weight excluding hydrogens is 584 g/mol. The Hall–Kier alpha value is -3.73. The van der Waals surface area contributed by atoms with Crippen molar-refractivity contribution in [2.24, 2.45) is 0 Å². The van der Waals surface area contributed by atoms with Crippen LogP contribution < -0.4 is 9.47 Å². The second kappa shape index (κ2) is 14.4. The van der Waals surface area contributed by atoms with E-state index in [1.165, 1.54) is 31.4 Å². The number of aliphatic hydroxyl groups excluding tert-OH is 4. The monoisotopic (exact) mass is 620 g/mol. The number of esters is 1. The van der Waals surface area contributed by atoms with Crippen molar-refractivity contribution in [1.29, 1.82) is 0 Å². The third-order valence-corrected chi connectivity index (χ3v) is 7.13. The van der Waals surface area contributed by atoms with E-state index in [-0.39, 0.29) is 17.2 Å². The maximum atomic E-state index is 12.1. The molecule has 0 bridgehead atoms. The van der Waals surface area contributed by atoms with Crippen molar-refractivity contribution in [2.45, 2.75) is 55.1 Å². The van der Waals surface area contributed by atoms with Crippen LogP contribution in [0.2, 0.25) is 0 Å². The van der Waals surface area contributed by atoms with Crippen LogP contribution in [0.1, 0.15) is 11.1 Å². The standard InChI is InChI=1S/C30H36O14/c1-3-4-16-6-9-20(21(12-16)39-2)43-28-26(36)25(35)24(34)22(44-28)13-40-29-27(37)30(38,15-42-29)14-41-23(33)10-7-17-5-8-18(31)19(32)11-17/h3,5-12,22,24-29,31-32,34-38H,1,4,13-15H2,2H3/t22-,24-,25+,26-,27+,28-,29-,30-/m1/s1. The number of phenolic OH excluding ortho intramolecular Hbond substituents is 2. The Bertz CT molecular complexity index is 1330. The van der Waals surface area contributed by atoms with E-state index in [0.29, 0.717) is 17.7 Å². The van der Waals surface area contributed by atoms with E-state index in [2.05, 4.69) is 6.58 Å². The minimum absolute atomic E-state index is 0.206. The molecule has 2 heterocycles. The van der Waals surface area contributed by atoms with Gasteiger partial charge in [-0.15, -0.1) is 6.58 Å². The molecule has 2 aliphatic heterocycles. The Morgan fingerprint density at radius 3 is 2.50 bits per heavy atom. The molecule has 0 radical (unpaired) electrons. The van der Waals surface area contributed by atoms with Gasteiger partial charge in [0.05, 0.1) is 20.3 Å². The summed E-state index contributed by atoms with van der Waals surface area (Å²) in [6.07, 6.45) is -6.10. The highest BCUT2D eigenvalue weighted by atomic mass is 16.7. The zero-order valence-electron chi connectivity index (χ0n) is 23.8. The highest BCUT2D eigenvalue weighted by Gasteiger charge is 2.51. The minimum Gasteiger partial charge on any atom is -0.504 e. The first-order valence-corrected chi connectivity index (χ1v) is 13.6. The predicted molar refractivity (Wildman–Crippen MR) is 151 cm³/mol. The van der Waals surface area contributed by atoms with E-state index in [1.807, 2.05) is 0 Å². The lowest BCUT2D eigenvalue weighted by Crippen LogP contribution is -2.60. The quantitative estimate of drug-likeness (QED) is 0.0705. The summed E-state index contributed by atoms with van der Waals surface area (Å²) in [5, 5.41) is 71.8. The molecule has 0 unspecified atom stereocenters. The Balaban J connectivity index is 1.31. The van der Waals surface area contributed by atoms with Crippen LogP contribution in [0.5, 0.6) is 23.0 Å². The van der Waals surface area contributed by atoms with Gasteiger partial charge in [0.15, 0.2) is 34.9 Å². The van der Waals surface area contributed by atoms with Crippen molar-refractivity contribution in [3.8, 4) is 23.0 Å². The molecule has 0 amide bonds. The summed E-state index contributed by atoms with van der Waals surface area (Å²) < 4.78 is 32.7. The van der Waals surface area contributed by atoms with Crippen LogP contribution in [0.15, 0.2) is 55.1 Å². The molecular formula is C30H36O14. The Morgan fingerprint density at radius 2 is 1.80 bits per heavy atom. The molecule has 14 nitrogen and oxygen atoms in total. The second-order valence-corrected chi connectivity index (χ2v) is 10.4. The normalized spacial score (nSPS) is 30.3. The number of ether oxygens (including phenoxy) is 6. The molecule has 0 spiro atoms. The first-order valence-electron chi connectivity index (χ1n) is 13.6. The van der Waals surface area contributed by atoms with Gasteiger partial charge in [0.25, 0.3) is 0 Å². The van der Waals surface area contributed by atoms with Crippen molar-refractivity contribution >= 4 is 12.0 Å². The lowest BCUT2D eigenvalue weighted by molar-refractivity contribution is -0.289. The largest absolute Gasteiger partial charge is 0.504 e. The third-order valence-electron chi connectivity index (χ3n) is 7.13. The van der Waals surface area contributed by atoms with Gasteiger partial charge in [0.1, 0.15) is 37.1 Å². The van der Waals surface area contributed by atoms with Crippen molar-refractivity contribution in [1.82, 2.24) is 0 Å². The van der Waals surface area contributed by atoms with Gasteiger partial charge in [-0.2, -0.15) is 0 Å². The number of phenols is 2. The summed E-state index contributed by atoms with van der Waals surface area (Å²) >= 11 is 0. The Morgan fingerprint density at radius 1 is 1.02 bits per heavy atom. The number of carbonyl (C=O) groups excluding carboxylic acids is 1. The van der Waals surface area contributed by atoms with Crippen molar-refractivity contribution < 1.29 is 69.0 Å².